The molecule has 3 N–H and O–H groups in total. The fourth-order valence-corrected chi connectivity index (χ4v) is 6.10. The lowest BCUT2D eigenvalue weighted by molar-refractivity contribution is -0.142. The van der Waals surface area contributed by atoms with Crippen LogP contribution in [0.25, 0.3) is 0 Å². The van der Waals surface area contributed by atoms with Crippen molar-refractivity contribution >= 4 is 11.8 Å². The van der Waals surface area contributed by atoms with Gasteiger partial charge in [-0.3, -0.25) is 14.6 Å². The van der Waals surface area contributed by atoms with E-state index in [0.29, 0.717) is 18.0 Å². The average Bonchev–Trinajstić information content (AvgIpc) is 3.33. The molecule has 178 valence electrons. The number of carbonyl (C=O) groups excluding carboxylic acids is 2. The second-order valence-electron chi connectivity index (χ2n) is 10.0. The van der Waals surface area contributed by atoms with Crippen molar-refractivity contribution in [3.8, 4) is 0 Å². The molecular formula is C25H34N4O4. The smallest absolute Gasteiger partial charge is 0.271 e. The van der Waals surface area contributed by atoms with Gasteiger partial charge in [0, 0.05) is 24.4 Å². The predicted molar refractivity (Wildman–Crippen MR) is 122 cm³/mol. The van der Waals surface area contributed by atoms with Crippen molar-refractivity contribution in [3.63, 3.8) is 0 Å². The van der Waals surface area contributed by atoms with Crippen LogP contribution in [0, 0.1) is 29.1 Å². The molecule has 0 bridgehead atoms. The standard InChI is InChI=1S/C25H34N4O4/c1-15(23(31)28-13-17-5-4-12-33-17)18-6-8-25(3)9-7-19(16(2)21(25)22(18)30)29-24(32)20-14-26-10-11-27-20/h4-5,10-12,14-16,18-19,21-22,30H,6-9,13H2,1-3H3,(H,28,31)(H,29,32). The summed E-state index contributed by atoms with van der Waals surface area (Å²) in [6, 6.07) is 3.56. The highest BCUT2D eigenvalue weighted by Crippen LogP contribution is 2.55. The average molecular weight is 455 g/mol. The maximum Gasteiger partial charge on any atom is 0.271 e. The van der Waals surface area contributed by atoms with Crippen LogP contribution in [0.2, 0.25) is 0 Å². The number of hydrogen-bond donors (Lipinski definition) is 3. The van der Waals surface area contributed by atoms with Crippen LogP contribution >= 0.6 is 0 Å². The highest BCUT2D eigenvalue weighted by molar-refractivity contribution is 5.92. The molecule has 2 aromatic heterocycles. The Labute approximate surface area is 194 Å². The third-order valence-electron chi connectivity index (χ3n) is 8.07. The summed E-state index contributed by atoms with van der Waals surface area (Å²) < 4.78 is 5.30. The molecule has 0 saturated heterocycles. The van der Waals surface area contributed by atoms with Crippen molar-refractivity contribution in [1.82, 2.24) is 20.6 Å². The molecule has 2 saturated carbocycles. The number of hydrogen-bond acceptors (Lipinski definition) is 6. The Hall–Kier alpha value is -2.74. The number of amides is 2. The normalized spacial score (nSPS) is 32.4. The van der Waals surface area contributed by atoms with Crippen LogP contribution in [-0.4, -0.2) is 39.0 Å². The minimum absolute atomic E-state index is 0.00233. The van der Waals surface area contributed by atoms with Crippen molar-refractivity contribution in [2.24, 2.45) is 29.1 Å². The molecule has 0 aliphatic heterocycles. The van der Waals surface area contributed by atoms with Gasteiger partial charge in [0.25, 0.3) is 5.91 Å². The molecule has 4 rings (SSSR count). The van der Waals surface area contributed by atoms with E-state index < -0.39 is 6.10 Å². The van der Waals surface area contributed by atoms with E-state index in [1.807, 2.05) is 13.0 Å². The second-order valence-corrected chi connectivity index (χ2v) is 10.0. The highest BCUT2D eigenvalue weighted by Gasteiger charge is 2.53. The van der Waals surface area contributed by atoms with Crippen LogP contribution in [0.3, 0.4) is 0 Å². The fraction of sp³-hybridized carbons (Fsp3) is 0.600. The van der Waals surface area contributed by atoms with E-state index in [1.165, 1.54) is 18.6 Å². The first kappa shape index (κ1) is 23.4. The van der Waals surface area contributed by atoms with Crippen LogP contribution in [0.4, 0.5) is 0 Å². The molecule has 33 heavy (non-hydrogen) atoms. The Balaban J connectivity index is 1.43. The van der Waals surface area contributed by atoms with Crippen molar-refractivity contribution in [3.05, 3.63) is 48.4 Å². The lowest BCUT2D eigenvalue weighted by Crippen LogP contribution is -2.58. The summed E-state index contributed by atoms with van der Waals surface area (Å²) in [5, 5.41) is 17.6. The van der Waals surface area contributed by atoms with Crippen molar-refractivity contribution in [2.75, 3.05) is 0 Å². The number of fused-ring (bicyclic) bond motifs is 1. The van der Waals surface area contributed by atoms with Crippen molar-refractivity contribution < 1.29 is 19.1 Å². The number of aliphatic hydroxyl groups is 1. The largest absolute Gasteiger partial charge is 0.467 e. The zero-order valence-corrected chi connectivity index (χ0v) is 19.5. The highest BCUT2D eigenvalue weighted by atomic mass is 16.3. The summed E-state index contributed by atoms with van der Waals surface area (Å²) in [4.78, 5) is 33.6. The van der Waals surface area contributed by atoms with E-state index in [9.17, 15) is 14.7 Å². The van der Waals surface area contributed by atoms with Gasteiger partial charge in [-0.2, -0.15) is 0 Å². The number of carbonyl (C=O) groups is 2. The SMILES string of the molecule is CC(C(=O)NCc1ccco1)C1CCC2(C)CCC(NC(=O)c3cnccn3)C(C)C2C1O. The quantitative estimate of drug-likeness (QED) is 0.618. The van der Waals surface area contributed by atoms with Gasteiger partial charge < -0.3 is 20.2 Å². The second kappa shape index (κ2) is 9.63. The molecule has 2 fully saturated rings. The van der Waals surface area contributed by atoms with Crippen molar-refractivity contribution in [2.45, 2.75) is 65.1 Å². The zero-order valence-electron chi connectivity index (χ0n) is 19.5. The number of nitrogens with one attached hydrogen (secondary N) is 2. The molecular weight excluding hydrogens is 420 g/mol. The van der Waals surface area contributed by atoms with Gasteiger partial charge in [-0.05, 0) is 61.0 Å². The monoisotopic (exact) mass is 454 g/mol. The van der Waals surface area contributed by atoms with Gasteiger partial charge in [-0.15, -0.1) is 0 Å². The molecule has 2 amide bonds. The first-order valence-corrected chi connectivity index (χ1v) is 11.8. The molecule has 8 heteroatoms. The van der Waals surface area contributed by atoms with Gasteiger partial charge in [-0.25, -0.2) is 4.98 Å². The molecule has 0 radical (unpaired) electrons. The van der Waals surface area contributed by atoms with E-state index in [0.717, 1.165) is 25.7 Å². The molecule has 2 heterocycles. The first-order valence-electron chi connectivity index (χ1n) is 11.8. The van der Waals surface area contributed by atoms with E-state index >= 15 is 0 Å². The number of aromatic nitrogens is 2. The fourth-order valence-electron chi connectivity index (χ4n) is 6.10. The molecule has 2 aromatic rings. The Bertz CT molecular complexity index is 951. The van der Waals surface area contributed by atoms with Gasteiger partial charge in [0.15, 0.2) is 0 Å². The molecule has 8 nitrogen and oxygen atoms in total. The first-order chi connectivity index (χ1) is 15.8. The number of furan rings is 1. The third-order valence-corrected chi connectivity index (χ3v) is 8.07. The van der Waals surface area contributed by atoms with Gasteiger partial charge in [0.05, 0.1) is 25.1 Å². The maximum atomic E-state index is 12.8. The minimum atomic E-state index is -0.612. The maximum absolute atomic E-state index is 12.8. The number of nitrogens with zero attached hydrogens (tertiary/aromatic N) is 2. The third kappa shape index (κ3) is 4.81. The van der Waals surface area contributed by atoms with E-state index in [1.54, 1.807) is 12.3 Å². The lowest BCUT2D eigenvalue weighted by Gasteiger charge is -2.56. The molecule has 0 aromatic carbocycles. The molecule has 7 atom stereocenters. The van der Waals surface area contributed by atoms with Crippen LogP contribution in [-0.2, 0) is 11.3 Å². The molecule has 7 unspecified atom stereocenters. The van der Waals surface area contributed by atoms with Gasteiger partial charge in [0.1, 0.15) is 11.5 Å². The Kier molecular flexibility index (Phi) is 6.83. The van der Waals surface area contributed by atoms with Gasteiger partial charge in [-0.1, -0.05) is 20.8 Å². The van der Waals surface area contributed by atoms with Crippen LogP contribution in [0.1, 0.15) is 62.7 Å². The van der Waals surface area contributed by atoms with E-state index in [2.05, 4.69) is 34.4 Å². The molecule has 2 aliphatic rings. The number of rotatable bonds is 6. The molecule has 2 aliphatic carbocycles. The van der Waals surface area contributed by atoms with Crippen molar-refractivity contribution in [1.29, 1.82) is 0 Å². The minimum Gasteiger partial charge on any atom is -0.467 e. The van der Waals surface area contributed by atoms with Crippen LogP contribution < -0.4 is 10.6 Å². The van der Waals surface area contributed by atoms with Gasteiger partial charge in [0.2, 0.25) is 5.91 Å². The van der Waals surface area contributed by atoms with Crippen LogP contribution in [0.5, 0.6) is 0 Å². The summed E-state index contributed by atoms with van der Waals surface area (Å²) in [5.41, 5.74) is 0.287. The zero-order chi connectivity index (χ0) is 23.6. The molecule has 0 spiro atoms. The lowest BCUT2D eigenvalue weighted by atomic mass is 9.51. The Morgan fingerprint density at radius 3 is 2.79 bits per heavy atom. The van der Waals surface area contributed by atoms with Gasteiger partial charge >= 0.3 is 0 Å². The number of aliphatic hydroxyl groups excluding tert-OH is 1. The Morgan fingerprint density at radius 2 is 2.09 bits per heavy atom. The topological polar surface area (TPSA) is 117 Å². The predicted octanol–water partition coefficient (Wildman–Crippen LogP) is 2.94. The summed E-state index contributed by atoms with van der Waals surface area (Å²) in [6.07, 6.45) is 9.03. The Morgan fingerprint density at radius 1 is 1.30 bits per heavy atom. The summed E-state index contributed by atoms with van der Waals surface area (Å²) >= 11 is 0. The summed E-state index contributed by atoms with van der Waals surface area (Å²) in [7, 11) is 0. The van der Waals surface area contributed by atoms with Crippen LogP contribution in [0.15, 0.2) is 41.4 Å². The van der Waals surface area contributed by atoms with E-state index in [-0.39, 0.29) is 46.9 Å². The van der Waals surface area contributed by atoms with E-state index in [4.69, 9.17) is 4.42 Å². The summed E-state index contributed by atoms with van der Waals surface area (Å²) in [5.74, 6) is 0.0110. The summed E-state index contributed by atoms with van der Waals surface area (Å²) in [6.45, 7) is 6.59.